The molecule has 0 aromatic carbocycles. The van der Waals surface area contributed by atoms with Gasteiger partial charge in [-0.1, -0.05) is 25.7 Å². The third-order valence-corrected chi connectivity index (χ3v) is 3.53. The van der Waals surface area contributed by atoms with Gasteiger partial charge in [-0.3, -0.25) is 0 Å². The number of hydrogen-bond donors (Lipinski definition) is 3. The Bertz CT molecular complexity index is 358. The third-order valence-electron chi connectivity index (χ3n) is 3.53. The van der Waals surface area contributed by atoms with Crippen LogP contribution in [-0.4, -0.2) is 11.5 Å². The third kappa shape index (κ3) is 3.51. The molecule has 4 nitrogen and oxygen atoms in total. The highest BCUT2D eigenvalue weighted by Gasteiger charge is 2.13. The molecular formula is C13H22N4. The Labute approximate surface area is 103 Å². The molecule has 0 saturated heterocycles. The first-order chi connectivity index (χ1) is 8.25. The van der Waals surface area contributed by atoms with Gasteiger partial charge in [0.2, 0.25) is 0 Å². The van der Waals surface area contributed by atoms with Crippen molar-refractivity contribution in [3.63, 3.8) is 0 Å². The van der Waals surface area contributed by atoms with Gasteiger partial charge in [0.15, 0.2) is 0 Å². The molecular weight excluding hydrogens is 212 g/mol. The summed E-state index contributed by atoms with van der Waals surface area (Å²) in [6.07, 6.45) is 8.23. The zero-order valence-corrected chi connectivity index (χ0v) is 10.3. The average molecular weight is 234 g/mol. The van der Waals surface area contributed by atoms with Gasteiger partial charge < -0.3 is 16.8 Å². The molecule has 1 aliphatic carbocycles. The summed E-state index contributed by atoms with van der Waals surface area (Å²) in [5.74, 6) is 2.19. The maximum absolute atomic E-state index is 5.65. The van der Waals surface area contributed by atoms with Crippen LogP contribution in [0.5, 0.6) is 0 Å². The maximum Gasteiger partial charge on any atom is 0.149 e. The Balaban J connectivity index is 1.68. The Kier molecular flexibility index (Phi) is 4.07. The van der Waals surface area contributed by atoms with Crippen LogP contribution < -0.4 is 16.8 Å². The van der Waals surface area contributed by atoms with Crippen molar-refractivity contribution in [3.8, 4) is 0 Å². The first-order valence-electron chi connectivity index (χ1n) is 6.51. The SMILES string of the molecule is Nc1ccc(NCCCC2CCCC2)nc1N. The number of nitrogens with two attached hydrogens (primary N) is 2. The summed E-state index contributed by atoms with van der Waals surface area (Å²) in [7, 11) is 0. The molecule has 94 valence electrons. The Morgan fingerprint density at radius 3 is 2.71 bits per heavy atom. The highest BCUT2D eigenvalue weighted by atomic mass is 15.0. The minimum Gasteiger partial charge on any atom is -0.396 e. The van der Waals surface area contributed by atoms with E-state index in [1.54, 1.807) is 6.07 Å². The molecule has 1 aromatic heterocycles. The van der Waals surface area contributed by atoms with Crippen molar-refractivity contribution in [1.29, 1.82) is 0 Å². The van der Waals surface area contributed by atoms with Gasteiger partial charge in [0, 0.05) is 6.54 Å². The Hall–Kier alpha value is -1.45. The van der Waals surface area contributed by atoms with E-state index in [1.807, 2.05) is 6.07 Å². The molecule has 1 aliphatic rings. The lowest BCUT2D eigenvalue weighted by atomic mass is 10.0. The monoisotopic (exact) mass is 234 g/mol. The summed E-state index contributed by atoms with van der Waals surface area (Å²) in [5.41, 5.74) is 11.8. The number of nitrogen functional groups attached to an aromatic ring is 2. The molecule has 0 spiro atoms. The van der Waals surface area contributed by atoms with Crippen LogP contribution in [0.3, 0.4) is 0 Å². The van der Waals surface area contributed by atoms with Gasteiger partial charge >= 0.3 is 0 Å². The first kappa shape index (κ1) is 12.0. The number of nitrogens with zero attached hydrogens (tertiary/aromatic N) is 1. The molecule has 0 radical (unpaired) electrons. The lowest BCUT2D eigenvalue weighted by molar-refractivity contribution is 0.491. The Morgan fingerprint density at radius 1 is 1.24 bits per heavy atom. The number of nitrogens with one attached hydrogen (secondary N) is 1. The van der Waals surface area contributed by atoms with Crippen LogP contribution in [0, 0.1) is 5.92 Å². The fraction of sp³-hybridized carbons (Fsp3) is 0.615. The van der Waals surface area contributed by atoms with Gasteiger partial charge in [-0.05, 0) is 30.9 Å². The summed E-state index contributed by atoms with van der Waals surface area (Å²) >= 11 is 0. The summed E-state index contributed by atoms with van der Waals surface area (Å²) in [5, 5.41) is 3.29. The van der Waals surface area contributed by atoms with Gasteiger partial charge in [0.25, 0.3) is 0 Å². The van der Waals surface area contributed by atoms with E-state index in [-0.39, 0.29) is 0 Å². The summed E-state index contributed by atoms with van der Waals surface area (Å²) < 4.78 is 0. The fourth-order valence-corrected chi connectivity index (χ4v) is 2.49. The Morgan fingerprint density at radius 2 is 2.00 bits per heavy atom. The fourth-order valence-electron chi connectivity index (χ4n) is 2.49. The molecule has 2 rings (SSSR count). The van der Waals surface area contributed by atoms with Crippen LogP contribution in [0.15, 0.2) is 12.1 Å². The van der Waals surface area contributed by atoms with E-state index in [1.165, 1.54) is 38.5 Å². The molecule has 17 heavy (non-hydrogen) atoms. The number of rotatable bonds is 5. The second-order valence-electron chi connectivity index (χ2n) is 4.89. The summed E-state index contributed by atoms with van der Waals surface area (Å²) in [4.78, 5) is 4.18. The van der Waals surface area contributed by atoms with Gasteiger partial charge in [-0.15, -0.1) is 0 Å². The zero-order valence-electron chi connectivity index (χ0n) is 10.3. The van der Waals surface area contributed by atoms with E-state index in [9.17, 15) is 0 Å². The largest absolute Gasteiger partial charge is 0.396 e. The van der Waals surface area contributed by atoms with Crippen molar-refractivity contribution in [1.82, 2.24) is 4.98 Å². The molecule has 1 aromatic rings. The van der Waals surface area contributed by atoms with Crippen LogP contribution in [-0.2, 0) is 0 Å². The van der Waals surface area contributed by atoms with Crippen molar-refractivity contribution in [2.45, 2.75) is 38.5 Å². The van der Waals surface area contributed by atoms with E-state index in [0.29, 0.717) is 11.5 Å². The standard InChI is InChI=1S/C13H22N4/c14-11-7-8-12(17-13(11)15)16-9-3-6-10-4-1-2-5-10/h7-8,10H,1-6,9,14H2,(H3,15,16,17). The molecule has 0 unspecified atom stereocenters. The smallest absolute Gasteiger partial charge is 0.149 e. The van der Waals surface area contributed by atoms with E-state index in [0.717, 1.165) is 18.3 Å². The molecule has 0 bridgehead atoms. The molecule has 1 saturated carbocycles. The summed E-state index contributed by atoms with van der Waals surface area (Å²) in [6.45, 7) is 0.965. The van der Waals surface area contributed by atoms with Gasteiger partial charge in [-0.2, -0.15) is 0 Å². The quantitative estimate of drug-likeness (QED) is 0.684. The van der Waals surface area contributed by atoms with E-state index in [4.69, 9.17) is 11.5 Å². The van der Waals surface area contributed by atoms with Crippen molar-refractivity contribution >= 4 is 17.3 Å². The molecule has 0 amide bonds. The van der Waals surface area contributed by atoms with Gasteiger partial charge in [0.1, 0.15) is 11.6 Å². The van der Waals surface area contributed by atoms with Crippen LogP contribution in [0.1, 0.15) is 38.5 Å². The summed E-state index contributed by atoms with van der Waals surface area (Å²) in [6, 6.07) is 3.67. The zero-order chi connectivity index (χ0) is 12.1. The molecule has 5 N–H and O–H groups in total. The predicted molar refractivity (Wildman–Crippen MR) is 72.7 cm³/mol. The van der Waals surface area contributed by atoms with E-state index < -0.39 is 0 Å². The van der Waals surface area contributed by atoms with Crippen LogP contribution >= 0.6 is 0 Å². The number of hydrogen-bond acceptors (Lipinski definition) is 4. The molecule has 1 fully saturated rings. The van der Waals surface area contributed by atoms with E-state index >= 15 is 0 Å². The lowest BCUT2D eigenvalue weighted by Crippen LogP contribution is -2.07. The normalized spacial score (nSPS) is 16.2. The molecule has 0 atom stereocenters. The second kappa shape index (κ2) is 5.75. The van der Waals surface area contributed by atoms with Gasteiger partial charge in [0.05, 0.1) is 5.69 Å². The molecule has 1 heterocycles. The van der Waals surface area contributed by atoms with Crippen LogP contribution in [0.4, 0.5) is 17.3 Å². The highest BCUT2D eigenvalue weighted by Crippen LogP contribution is 2.28. The minimum atomic E-state index is 0.408. The molecule has 4 heteroatoms. The first-order valence-corrected chi connectivity index (χ1v) is 6.51. The van der Waals surface area contributed by atoms with Crippen molar-refractivity contribution in [2.75, 3.05) is 23.3 Å². The van der Waals surface area contributed by atoms with Crippen molar-refractivity contribution in [2.24, 2.45) is 5.92 Å². The number of aromatic nitrogens is 1. The predicted octanol–water partition coefficient (Wildman–Crippen LogP) is 2.63. The van der Waals surface area contributed by atoms with Crippen LogP contribution in [0.25, 0.3) is 0 Å². The minimum absolute atomic E-state index is 0.408. The second-order valence-corrected chi connectivity index (χ2v) is 4.89. The maximum atomic E-state index is 5.65. The van der Waals surface area contributed by atoms with Crippen molar-refractivity contribution in [3.05, 3.63) is 12.1 Å². The number of pyridine rings is 1. The number of anilines is 3. The topological polar surface area (TPSA) is 77.0 Å². The van der Waals surface area contributed by atoms with Crippen LogP contribution in [0.2, 0.25) is 0 Å². The lowest BCUT2D eigenvalue weighted by Gasteiger charge is -2.10. The van der Waals surface area contributed by atoms with E-state index in [2.05, 4.69) is 10.3 Å². The van der Waals surface area contributed by atoms with Crippen molar-refractivity contribution < 1.29 is 0 Å². The van der Waals surface area contributed by atoms with Gasteiger partial charge in [-0.25, -0.2) is 4.98 Å². The molecule has 0 aliphatic heterocycles. The average Bonchev–Trinajstić information content (AvgIpc) is 2.82. The highest BCUT2D eigenvalue weighted by molar-refractivity contribution is 5.61.